The van der Waals surface area contributed by atoms with Crippen molar-refractivity contribution >= 4 is 6.09 Å². The summed E-state index contributed by atoms with van der Waals surface area (Å²) in [6.07, 6.45) is 0.501. The summed E-state index contributed by atoms with van der Waals surface area (Å²) in [5.41, 5.74) is 4.85. The number of carbonyl (C=O) groups excluding carboxylic acids is 1. The summed E-state index contributed by atoms with van der Waals surface area (Å²) in [5, 5.41) is 6.42. The molecule has 2 unspecified atom stereocenters. The van der Waals surface area contributed by atoms with Gasteiger partial charge in [-0.1, -0.05) is 12.1 Å². The van der Waals surface area contributed by atoms with E-state index in [-0.39, 0.29) is 18.2 Å². The minimum atomic E-state index is -0.461. The molecule has 0 saturated carbocycles. The Morgan fingerprint density at radius 3 is 2.25 bits per heavy atom. The molecule has 0 radical (unpaired) electrons. The number of ether oxygens (including phenoxy) is 1. The van der Waals surface area contributed by atoms with Gasteiger partial charge in [0, 0.05) is 12.1 Å². The van der Waals surface area contributed by atoms with Gasteiger partial charge >= 0.3 is 6.09 Å². The molecule has 0 aliphatic heterocycles. The lowest BCUT2D eigenvalue weighted by Gasteiger charge is -2.23. The van der Waals surface area contributed by atoms with Crippen molar-refractivity contribution in [1.82, 2.24) is 10.6 Å². The molecule has 0 aromatic heterocycles. The highest BCUT2D eigenvalue weighted by molar-refractivity contribution is 5.68. The van der Waals surface area contributed by atoms with Crippen molar-refractivity contribution in [2.45, 2.75) is 79.5 Å². The van der Waals surface area contributed by atoms with E-state index in [1.807, 2.05) is 27.7 Å². The molecule has 0 bridgehead atoms. The van der Waals surface area contributed by atoms with E-state index in [2.05, 4.69) is 50.5 Å². The largest absolute Gasteiger partial charge is 0.444 e. The van der Waals surface area contributed by atoms with Crippen LogP contribution < -0.4 is 10.6 Å². The molecule has 0 spiro atoms. The fourth-order valence-electron chi connectivity index (χ4n) is 2.66. The van der Waals surface area contributed by atoms with Gasteiger partial charge in [0.05, 0.1) is 0 Å². The van der Waals surface area contributed by atoms with Gasteiger partial charge in [0.25, 0.3) is 0 Å². The minimum absolute atomic E-state index is 0.0698. The maximum absolute atomic E-state index is 11.7. The van der Waals surface area contributed by atoms with Gasteiger partial charge < -0.3 is 15.4 Å². The van der Waals surface area contributed by atoms with Gasteiger partial charge in [0.2, 0.25) is 0 Å². The molecule has 2 N–H and O–H groups in total. The predicted molar refractivity (Wildman–Crippen MR) is 101 cm³/mol. The Kier molecular flexibility index (Phi) is 7.27. The molecule has 0 aliphatic carbocycles. The standard InChI is InChI=1S/C20H34N2O2/c1-13-11-15(3)18(12-14(13)2)17(5)21-10-9-16(4)22-19(23)24-20(6,7)8/h11-12,16-17,21H,9-10H2,1-8H3,(H,22,23). The third-order valence-corrected chi connectivity index (χ3v) is 4.14. The zero-order valence-corrected chi connectivity index (χ0v) is 16.5. The average molecular weight is 335 g/mol. The zero-order chi connectivity index (χ0) is 18.5. The van der Waals surface area contributed by atoms with Crippen molar-refractivity contribution in [2.75, 3.05) is 6.54 Å². The van der Waals surface area contributed by atoms with Crippen LogP contribution in [0.2, 0.25) is 0 Å². The first-order valence-corrected chi connectivity index (χ1v) is 8.80. The van der Waals surface area contributed by atoms with Crippen molar-refractivity contribution in [3.8, 4) is 0 Å². The van der Waals surface area contributed by atoms with Gasteiger partial charge in [-0.2, -0.15) is 0 Å². The summed E-state index contributed by atoms with van der Waals surface area (Å²) in [4.78, 5) is 11.7. The number of rotatable bonds is 6. The molecular weight excluding hydrogens is 300 g/mol. The smallest absolute Gasteiger partial charge is 0.407 e. The summed E-state index contributed by atoms with van der Waals surface area (Å²) in [6, 6.07) is 4.87. The Morgan fingerprint density at radius 2 is 1.67 bits per heavy atom. The van der Waals surface area contributed by atoms with Crippen LogP contribution in [0.3, 0.4) is 0 Å². The topological polar surface area (TPSA) is 50.4 Å². The van der Waals surface area contributed by atoms with E-state index in [4.69, 9.17) is 4.74 Å². The Hall–Kier alpha value is -1.55. The van der Waals surface area contributed by atoms with Crippen LogP contribution in [0.15, 0.2) is 12.1 Å². The van der Waals surface area contributed by atoms with Crippen LogP contribution in [-0.2, 0) is 4.74 Å². The van der Waals surface area contributed by atoms with Gasteiger partial charge in [0.1, 0.15) is 5.60 Å². The lowest BCUT2D eigenvalue weighted by Crippen LogP contribution is -2.39. The van der Waals surface area contributed by atoms with E-state index in [9.17, 15) is 4.79 Å². The number of hydrogen-bond acceptors (Lipinski definition) is 3. The summed E-state index contributed by atoms with van der Waals surface area (Å²) in [7, 11) is 0. The third kappa shape index (κ3) is 6.91. The molecule has 0 heterocycles. The van der Waals surface area contributed by atoms with Gasteiger partial charge in [-0.15, -0.1) is 0 Å². The first-order valence-electron chi connectivity index (χ1n) is 8.80. The molecule has 136 valence electrons. The molecule has 24 heavy (non-hydrogen) atoms. The second kappa shape index (κ2) is 8.52. The van der Waals surface area contributed by atoms with Crippen LogP contribution in [0.25, 0.3) is 0 Å². The number of benzene rings is 1. The fraction of sp³-hybridized carbons (Fsp3) is 0.650. The Balaban J connectivity index is 2.44. The SMILES string of the molecule is Cc1cc(C)c(C(C)NCCC(C)NC(=O)OC(C)(C)C)cc1C. The number of aryl methyl sites for hydroxylation is 3. The molecule has 0 saturated heterocycles. The van der Waals surface area contributed by atoms with E-state index in [0.717, 1.165) is 13.0 Å². The van der Waals surface area contributed by atoms with Gasteiger partial charge in [-0.3, -0.25) is 0 Å². The van der Waals surface area contributed by atoms with Gasteiger partial charge in [0.15, 0.2) is 0 Å². The van der Waals surface area contributed by atoms with Gasteiger partial charge in [-0.25, -0.2) is 4.79 Å². The monoisotopic (exact) mass is 334 g/mol. The Morgan fingerprint density at radius 1 is 1.08 bits per heavy atom. The molecule has 2 atom stereocenters. The van der Waals surface area contributed by atoms with E-state index < -0.39 is 5.60 Å². The minimum Gasteiger partial charge on any atom is -0.444 e. The maximum atomic E-state index is 11.7. The third-order valence-electron chi connectivity index (χ3n) is 4.14. The molecular formula is C20H34N2O2. The van der Waals surface area contributed by atoms with E-state index in [1.54, 1.807) is 0 Å². The molecule has 1 amide bonds. The van der Waals surface area contributed by atoms with E-state index >= 15 is 0 Å². The normalized spacial score (nSPS) is 14.2. The Labute approximate surface area is 147 Å². The van der Waals surface area contributed by atoms with Crippen LogP contribution in [0.5, 0.6) is 0 Å². The molecule has 1 aromatic carbocycles. The molecule has 0 aliphatic rings. The molecule has 1 aromatic rings. The van der Waals surface area contributed by atoms with E-state index in [0.29, 0.717) is 0 Å². The summed E-state index contributed by atoms with van der Waals surface area (Å²) in [6.45, 7) is 17.1. The Bertz CT molecular complexity index is 561. The number of hydrogen-bond donors (Lipinski definition) is 2. The summed E-state index contributed by atoms with van der Waals surface area (Å²) >= 11 is 0. The predicted octanol–water partition coefficient (Wildman–Crippen LogP) is 4.57. The molecule has 4 nitrogen and oxygen atoms in total. The van der Waals surface area contributed by atoms with Crippen molar-refractivity contribution in [3.05, 3.63) is 34.4 Å². The van der Waals surface area contributed by atoms with Crippen molar-refractivity contribution < 1.29 is 9.53 Å². The lowest BCUT2D eigenvalue weighted by atomic mass is 9.96. The number of nitrogens with one attached hydrogen (secondary N) is 2. The second-order valence-electron chi connectivity index (χ2n) is 7.80. The molecule has 0 fully saturated rings. The quantitative estimate of drug-likeness (QED) is 0.801. The number of alkyl carbamates (subject to hydrolysis) is 1. The second-order valence-corrected chi connectivity index (χ2v) is 7.80. The summed E-state index contributed by atoms with van der Waals surface area (Å²) in [5.74, 6) is 0. The van der Waals surface area contributed by atoms with Crippen LogP contribution in [0.1, 0.15) is 69.3 Å². The average Bonchev–Trinajstić information content (AvgIpc) is 2.40. The van der Waals surface area contributed by atoms with E-state index in [1.165, 1.54) is 22.3 Å². The first-order chi connectivity index (χ1) is 11.0. The van der Waals surface area contributed by atoms with Crippen LogP contribution >= 0.6 is 0 Å². The number of amides is 1. The van der Waals surface area contributed by atoms with Crippen molar-refractivity contribution in [3.63, 3.8) is 0 Å². The fourth-order valence-corrected chi connectivity index (χ4v) is 2.66. The van der Waals surface area contributed by atoms with Crippen LogP contribution in [-0.4, -0.2) is 24.3 Å². The highest BCUT2D eigenvalue weighted by atomic mass is 16.6. The van der Waals surface area contributed by atoms with Crippen molar-refractivity contribution in [2.24, 2.45) is 0 Å². The highest BCUT2D eigenvalue weighted by Crippen LogP contribution is 2.21. The van der Waals surface area contributed by atoms with Crippen molar-refractivity contribution in [1.29, 1.82) is 0 Å². The lowest BCUT2D eigenvalue weighted by molar-refractivity contribution is 0.0506. The van der Waals surface area contributed by atoms with Gasteiger partial charge in [-0.05, 0) is 90.6 Å². The summed E-state index contributed by atoms with van der Waals surface area (Å²) < 4.78 is 5.27. The van der Waals surface area contributed by atoms with Crippen LogP contribution in [0.4, 0.5) is 4.79 Å². The maximum Gasteiger partial charge on any atom is 0.407 e. The first kappa shape index (κ1) is 20.5. The van der Waals surface area contributed by atoms with Crippen LogP contribution in [0, 0.1) is 20.8 Å². The number of carbonyl (C=O) groups is 1. The highest BCUT2D eigenvalue weighted by Gasteiger charge is 2.17. The zero-order valence-electron chi connectivity index (χ0n) is 16.5. The molecule has 4 heteroatoms. The molecule has 1 rings (SSSR count).